The molecule has 3 saturated carbocycles. The number of ether oxygens (including phenoxy) is 4. The maximum absolute atomic E-state index is 14.0. The van der Waals surface area contributed by atoms with Gasteiger partial charge in [-0.1, -0.05) is 65.5 Å². The highest BCUT2D eigenvalue weighted by Gasteiger charge is 2.59. The zero-order valence-corrected chi connectivity index (χ0v) is 44.5. The first kappa shape index (κ1) is 56.1. The standard InChI is InChI=1S/C54H94N4O9/c1-37(2)20-17-21-38(3)42-24-25-43-41-23-22-39-36-40(26-28-53(39,13)44(41)27-29-54(42,43)14)64-46(60)45(59)57(34-18-30-55-47(61)65-50(4,5)6)32-15-16-33-58(49(63)67-52(10,11)12)35-19-31-56-48(62)66-51(7,8)9/h22,37-38,40-44H,15-21,23-36H2,1-14H3,(H,55,61)(H,56,62)/t38?,40-,41-,42+,43-,44-,53-,54+/m0/s1. The van der Waals surface area contributed by atoms with Gasteiger partial charge in [-0.05, 0) is 179 Å². The molecule has 67 heavy (non-hydrogen) atoms. The van der Waals surface area contributed by atoms with Crippen molar-refractivity contribution in [2.45, 2.75) is 216 Å². The van der Waals surface area contributed by atoms with Crippen LogP contribution in [0.25, 0.3) is 0 Å². The number of nitrogens with one attached hydrogen (secondary N) is 2. The van der Waals surface area contributed by atoms with Gasteiger partial charge < -0.3 is 39.4 Å². The highest BCUT2D eigenvalue weighted by molar-refractivity contribution is 6.32. The fraction of sp³-hybridized carbons (Fsp3) is 0.870. The molecule has 13 nitrogen and oxygen atoms in total. The molecule has 0 saturated heterocycles. The van der Waals surface area contributed by atoms with Crippen molar-refractivity contribution < 1.29 is 42.9 Å². The molecule has 0 aromatic carbocycles. The number of esters is 1. The molecule has 4 aliphatic rings. The number of carbonyl (C=O) groups is 5. The molecule has 1 unspecified atom stereocenters. The molecule has 3 fully saturated rings. The Morgan fingerprint density at radius 2 is 1.22 bits per heavy atom. The summed E-state index contributed by atoms with van der Waals surface area (Å²) in [6, 6.07) is 0. The largest absolute Gasteiger partial charge is 0.455 e. The Balaban J connectivity index is 1.36. The molecule has 384 valence electrons. The maximum atomic E-state index is 14.0. The Kier molecular flexibility index (Phi) is 20.0. The van der Waals surface area contributed by atoms with Gasteiger partial charge in [0.15, 0.2) is 0 Å². The number of amides is 4. The van der Waals surface area contributed by atoms with Gasteiger partial charge in [0.25, 0.3) is 0 Å². The molecule has 0 heterocycles. The summed E-state index contributed by atoms with van der Waals surface area (Å²) >= 11 is 0. The van der Waals surface area contributed by atoms with E-state index in [1.165, 1.54) is 55.4 Å². The molecule has 13 heteroatoms. The number of alkyl carbamates (subject to hydrolysis) is 2. The van der Waals surface area contributed by atoms with E-state index in [1.807, 2.05) is 20.8 Å². The van der Waals surface area contributed by atoms with Crippen molar-refractivity contribution in [2.24, 2.45) is 46.3 Å². The van der Waals surface area contributed by atoms with E-state index >= 15 is 0 Å². The second kappa shape index (κ2) is 23.9. The Morgan fingerprint density at radius 3 is 1.79 bits per heavy atom. The molecule has 0 aliphatic heterocycles. The van der Waals surface area contributed by atoms with E-state index in [0.29, 0.717) is 69.0 Å². The van der Waals surface area contributed by atoms with Gasteiger partial charge in [-0.3, -0.25) is 4.79 Å². The van der Waals surface area contributed by atoms with E-state index in [1.54, 1.807) is 46.4 Å². The minimum absolute atomic E-state index is 0.0904. The van der Waals surface area contributed by atoms with Gasteiger partial charge in [0.05, 0.1) is 0 Å². The van der Waals surface area contributed by atoms with Crippen LogP contribution in [0, 0.1) is 46.3 Å². The van der Waals surface area contributed by atoms with Gasteiger partial charge in [-0.15, -0.1) is 0 Å². The summed E-state index contributed by atoms with van der Waals surface area (Å²) in [6.07, 6.45) is 15.3. The predicted molar refractivity (Wildman–Crippen MR) is 264 cm³/mol. The highest BCUT2D eigenvalue weighted by Crippen LogP contribution is 2.67. The second-order valence-electron chi connectivity index (χ2n) is 24.6. The number of hydrogen-bond acceptors (Lipinski definition) is 9. The number of hydrogen-bond donors (Lipinski definition) is 2. The first-order chi connectivity index (χ1) is 31.1. The van der Waals surface area contributed by atoms with Gasteiger partial charge in [0.2, 0.25) is 0 Å². The Labute approximate surface area is 405 Å². The van der Waals surface area contributed by atoms with Crippen LogP contribution in [0.4, 0.5) is 14.4 Å². The van der Waals surface area contributed by atoms with E-state index in [0.717, 1.165) is 42.9 Å². The normalized spacial score (nSPS) is 26.5. The van der Waals surface area contributed by atoms with Crippen LogP contribution in [-0.2, 0) is 28.5 Å². The maximum Gasteiger partial charge on any atom is 0.410 e. The van der Waals surface area contributed by atoms with Crippen LogP contribution >= 0.6 is 0 Å². The number of carbonyl (C=O) groups excluding carboxylic acids is 5. The van der Waals surface area contributed by atoms with Crippen LogP contribution in [0.1, 0.15) is 193 Å². The van der Waals surface area contributed by atoms with Crippen molar-refractivity contribution in [3.05, 3.63) is 11.6 Å². The summed E-state index contributed by atoms with van der Waals surface area (Å²) in [5, 5.41) is 5.49. The van der Waals surface area contributed by atoms with Crippen molar-refractivity contribution in [2.75, 3.05) is 39.3 Å². The average Bonchev–Trinajstić information content (AvgIpc) is 3.56. The first-order valence-electron chi connectivity index (χ1n) is 26.2. The van der Waals surface area contributed by atoms with Gasteiger partial charge in [-0.2, -0.15) is 0 Å². The van der Waals surface area contributed by atoms with Crippen molar-refractivity contribution in [3.8, 4) is 0 Å². The molecule has 0 spiro atoms. The van der Waals surface area contributed by atoms with Crippen molar-refractivity contribution >= 4 is 30.2 Å². The van der Waals surface area contributed by atoms with Crippen LogP contribution in [0.15, 0.2) is 11.6 Å². The molecule has 4 amide bonds. The summed E-state index contributed by atoms with van der Waals surface area (Å²) < 4.78 is 22.5. The van der Waals surface area contributed by atoms with Crippen molar-refractivity contribution in [3.63, 3.8) is 0 Å². The van der Waals surface area contributed by atoms with Crippen LogP contribution in [0.3, 0.4) is 0 Å². The molecular weight excluding hydrogens is 849 g/mol. The van der Waals surface area contributed by atoms with Crippen molar-refractivity contribution in [1.82, 2.24) is 20.4 Å². The zero-order valence-electron chi connectivity index (χ0n) is 44.5. The quantitative estimate of drug-likeness (QED) is 0.0424. The zero-order chi connectivity index (χ0) is 50.0. The number of nitrogens with zero attached hydrogens (tertiary/aromatic N) is 2. The lowest BCUT2D eigenvalue weighted by Crippen LogP contribution is -2.51. The molecule has 0 radical (unpaired) electrons. The summed E-state index contributed by atoms with van der Waals surface area (Å²) in [5.41, 5.74) is -0.0442. The Hall–Kier alpha value is -3.51. The minimum atomic E-state index is -0.844. The topological polar surface area (TPSA) is 153 Å². The molecule has 8 atom stereocenters. The van der Waals surface area contributed by atoms with Crippen LogP contribution in [-0.4, -0.2) is 102 Å². The van der Waals surface area contributed by atoms with Crippen LogP contribution in [0.5, 0.6) is 0 Å². The van der Waals surface area contributed by atoms with Crippen LogP contribution in [0.2, 0.25) is 0 Å². The number of rotatable bonds is 19. The van der Waals surface area contributed by atoms with E-state index in [4.69, 9.17) is 18.9 Å². The molecule has 0 aromatic heterocycles. The number of unbranched alkanes of at least 4 members (excludes halogenated alkanes) is 1. The minimum Gasteiger partial charge on any atom is -0.455 e. The third-order valence-corrected chi connectivity index (χ3v) is 15.3. The van der Waals surface area contributed by atoms with E-state index in [-0.39, 0.29) is 31.2 Å². The summed E-state index contributed by atoms with van der Waals surface area (Å²) in [7, 11) is 0. The SMILES string of the molecule is CC(C)CCCC(C)[C@H]1CC[C@H]2[C@@H]3CC=C4C[C@@H](OC(=O)C(=O)N(CCCCN(CCCNC(=O)OC(C)(C)C)C(=O)OC(C)(C)C)CCCNC(=O)OC(C)(C)C)CC[C@]4(C)[C@H]3CC[C@]12C. The van der Waals surface area contributed by atoms with Gasteiger partial charge in [0.1, 0.15) is 22.9 Å². The monoisotopic (exact) mass is 943 g/mol. The third kappa shape index (κ3) is 16.9. The third-order valence-electron chi connectivity index (χ3n) is 15.3. The van der Waals surface area contributed by atoms with Crippen molar-refractivity contribution in [1.29, 1.82) is 0 Å². The molecule has 4 aliphatic carbocycles. The molecule has 0 aromatic rings. The van der Waals surface area contributed by atoms with Crippen LogP contribution < -0.4 is 10.6 Å². The fourth-order valence-corrected chi connectivity index (χ4v) is 12.2. The molecule has 0 bridgehead atoms. The summed E-state index contributed by atoms with van der Waals surface area (Å²) in [6.45, 7) is 30.3. The number of fused-ring (bicyclic) bond motifs is 5. The fourth-order valence-electron chi connectivity index (χ4n) is 12.2. The highest BCUT2D eigenvalue weighted by atomic mass is 16.6. The molecular formula is C54H94N4O9. The smallest absolute Gasteiger partial charge is 0.410 e. The van der Waals surface area contributed by atoms with Gasteiger partial charge in [0, 0.05) is 45.7 Å². The lowest BCUT2D eigenvalue weighted by molar-refractivity contribution is -0.165. The van der Waals surface area contributed by atoms with Gasteiger partial charge >= 0.3 is 30.2 Å². The lowest BCUT2D eigenvalue weighted by atomic mass is 9.47. The Morgan fingerprint density at radius 1 is 0.672 bits per heavy atom. The molecule has 4 rings (SSSR count). The lowest BCUT2D eigenvalue weighted by Gasteiger charge is -2.58. The molecule has 2 N–H and O–H groups in total. The van der Waals surface area contributed by atoms with E-state index in [9.17, 15) is 24.0 Å². The van der Waals surface area contributed by atoms with E-state index in [2.05, 4.69) is 51.3 Å². The average molecular weight is 943 g/mol. The van der Waals surface area contributed by atoms with E-state index < -0.39 is 47.0 Å². The number of allylic oxidation sites excluding steroid dienone is 1. The predicted octanol–water partition coefficient (Wildman–Crippen LogP) is 11.6. The first-order valence-corrected chi connectivity index (χ1v) is 26.2. The summed E-state index contributed by atoms with van der Waals surface area (Å²) in [4.78, 5) is 68.6. The summed E-state index contributed by atoms with van der Waals surface area (Å²) in [5.74, 6) is 2.94. The van der Waals surface area contributed by atoms with Gasteiger partial charge in [-0.25, -0.2) is 19.2 Å². The Bertz CT molecular complexity index is 1690. The second-order valence-corrected chi connectivity index (χ2v) is 24.6.